The van der Waals surface area contributed by atoms with Crippen molar-refractivity contribution in [3.8, 4) is 11.5 Å². The molecule has 7 nitrogen and oxygen atoms in total. The summed E-state index contributed by atoms with van der Waals surface area (Å²) >= 11 is 0. The Labute approximate surface area is 155 Å². The first-order valence-corrected chi connectivity index (χ1v) is 8.26. The molecule has 1 atom stereocenters. The fourth-order valence-electron chi connectivity index (χ4n) is 2.62. The lowest BCUT2D eigenvalue weighted by molar-refractivity contribution is -0.386. The molecule has 0 heterocycles. The largest absolute Gasteiger partial charge is 0.496 e. The molecule has 0 aliphatic heterocycles. The summed E-state index contributed by atoms with van der Waals surface area (Å²) < 4.78 is 10.5. The topological polar surface area (TPSA) is 90.7 Å². The van der Waals surface area contributed by atoms with Gasteiger partial charge in [-0.25, -0.2) is 0 Å². The molecule has 1 amide bonds. The predicted molar refractivity (Wildman–Crippen MR) is 102 cm³/mol. The third kappa shape index (κ3) is 4.14. The van der Waals surface area contributed by atoms with Gasteiger partial charge in [-0.2, -0.15) is 0 Å². The van der Waals surface area contributed by atoms with Crippen LogP contribution in [0.3, 0.4) is 0 Å². The minimum atomic E-state index is -0.927. The Hall–Kier alpha value is -3.61. The van der Waals surface area contributed by atoms with Gasteiger partial charge in [-0.15, -0.1) is 0 Å². The monoisotopic (exact) mass is 366 g/mol. The maximum atomic E-state index is 12.4. The van der Waals surface area contributed by atoms with Crippen molar-refractivity contribution in [3.63, 3.8) is 0 Å². The van der Waals surface area contributed by atoms with Gasteiger partial charge in [-0.3, -0.25) is 14.9 Å². The molecule has 138 valence electrons. The molecule has 0 aliphatic carbocycles. The van der Waals surface area contributed by atoms with Crippen LogP contribution in [0.15, 0.2) is 60.7 Å². The molecule has 3 rings (SSSR count). The van der Waals surface area contributed by atoms with Gasteiger partial charge in [0.15, 0.2) is 11.9 Å². The zero-order chi connectivity index (χ0) is 19.4. The molecule has 0 fully saturated rings. The fourth-order valence-corrected chi connectivity index (χ4v) is 2.62. The number of nitrogens with one attached hydrogen (secondary N) is 1. The van der Waals surface area contributed by atoms with Crippen LogP contribution in [-0.2, 0) is 4.79 Å². The van der Waals surface area contributed by atoms with E-state index >= 15 is 0 Å². The number of hydrogen-bond acceptors (Lipinski definition) is 5. The van der Waals surface area contributed by atoms with E-state index in [1.54, 1.807) is 6.07 Å². The number of anilines is 1. The summed E-state index contributed by atoms with van der Waals surface area (Å²) in [6.45, 7) is 1.53. The van der Waals surface area contributed by atoms with E-state index in [0.717, 1.165) is 10.8 Å². The van der Waals surface area contributed by atoms with E-state index in [-0.39, 0.29) is 11.4 Å². The average molecular weight is 366 g/mol. The molecule has 0 aliphatic rings. The van der Waals surface area contributed by atoms with Crippen molar-refractivity contribution in [1.29, 1.82) is 0 Å². The zero-order valence-electron chi connectivity index (χ0n) is 14.8. The van der Waals surface area contributed by atoms with Gasteiger partial charge in [0.2, 0.25) is 0 Å². The average Bonchev–Trinajstić information content (AvgIpc) is 2.67. The molecule has 27 heavy (non-hydrogen) atoms. The van der Waals surface area contributed by atoms with Crippen LogP contribution >= 0.6 is 0 Å². The molecule has 0 spiro atoms. The first-order chi connectivity index (χ1) is 13.0. The number of amides is 1. The maximum Gasteiger partial charge on any atom is 0.314 e. The number of carbonyl (C=O) groups is 1. The standard InChI is InChI=1S/C20H18N2O5/c1-13(27-19-10-9-17(26-2)12-18(19)22(24)25)20(23)21-16-8-7-14-5-3-4-6-15(14)11-16/h3-13H,1-2H3,(H,21,23). The van der Waals surface area contributed by atoms with Gasteiger partial charge in [-0.05, 0) is 42.0 Å². The third-order valence-corrected chi connectivity index (χ3v) is 4.05. The number of ether oxygens (including phenoxy) is 2. The number of hydrogen-bond donors (Lipinski definition) is 1. The van der Waals surface area contributed by atoms with Crippen LogP contribution in [-0.4, -0.2) is 24.0 Å². The summed E-state index contributed by atoms with van der Waals surface area (Å²) in [4.78, 5) is 23.1. The van der Waals surface area contributed by atoms with Crippen LogP contribution in [0, 0.1) is 10.1 Å². The highest BCUT2D eigenvalue weighted by molar-refractivity contribution is 5.96. The lowest BCUT2D eigenvalue weighted by atomic mass is 10.1. The number of nitrogens with zero attached hydrogens (tertiary/aromatic N) is 1. The fraction of sp³-hybridized carbons (Fsp3) is 0.150. The molecule has 0 saturated carbocycles. The van der Waals surface area contributed by atoms with Crippen molar-refractivity contribution in [2.24, 2.45) is 0 Å². The summed E-state index contributed by atoms with van der Waals surface area (Å²) in [6, 6.07) is 17.6. The minimum absolute atomic E-state index is 0.00182. The number of nitro benzene ring substituents is 1. The van der Waals surface area contributed by atoms with E-state index in [0.29, 0.717) is 11.4 Å². The number of benzene rings is 3. The van der Waals surface area contributed by atoms with Gasteiger partial charge < -0.3 is 14.8 Å². The van der Waals surface area contributed by atoms with Crippen LogP contribution in [0.5, 0.6) is 11.5 Å². The summed E-state index contributed by atoms with van der Waals surface area (Å²) in [5.41, 5.74) is 0.359. The number of fused-ring (bicyclic) bond motifs is 1. The van der Waals surface area contributed by atoms with E-state index in [4.69, 9.17) is 9.47 Å². The molecule has 3 aromatic rings. The van der Waals surface area contributed by atoms with E-state index < -0.39 is 16.9 Å². The molecule has 0 aromatic heterocycles. The Kier molecular flexibility index (Phi) is 5.21. The minimum Gasteiger partial charge on any atom is -0.496 e. The number of nitro groups is 1. The number of methoxy groups -OCH3 is 1. The van der Waals surface area contributed by atoms with Gasteiger partial charge in [-0.1, -0.05) is 30.3 Å². The third-order valence-electron chi connectivity index (χ3n) is 4.05. The highest BCUT2D eigenvalue weighted by Crippen LogP contribution is 2.32. The predicted octanol–water partition coefficient (Wildman–Crippen LogP) is 4.16. The first kappa shape index (κ1) is 18.2. The van der Waals surface area contributed by atoms with Crippen LogP contribution in [0.1, 0.15) is 6.92 Å². The summed E-state index contributed by atoms with van der Waals surface area (Å²) in [5, 5.41) is 16.1. The van der Waals surface area contributed by atoms with E-state index in [2.05, 4.69) is 5.32 Å². The molecule has 1 N–H and O–H groups in total. The highest BCUT2D eigenvalue weighted by Gasteiger charge is 2.22. The molecular weight excluding hydrogens is 348 g/mol. The van der Waals surface area contributed by atoms with Crippen LogP contribution in [0.4, 0.5) is 11.4 Å². The molecule has 7 heteroatoms. The zero-order valence-corrected chi connectivity index (χ0v) is 14.8. The van der Waals surface area contributed by atoms with Crippen LogP contribution in [0.2, 0.25) is 0 Å². The Morgan fingerprint density at radius 1 is 1.07 bits per heavy atom. The summed E-state index contributed by atoms with van der Waals surface area (Å²) in [7, 11) is 1.42. The van der Waals surface area contributed by atoms with Crippen molar-refractivity contribution >= 4 is 28.1 Å². The molecule has 1 unspecified atom stereocenters. The van der Waals surface area contributed by atoms with Crippen molar-refractivity contribution in [3.05, 3.63) is 70.8 Å². The number of rotatable bonds is 6. The second-order valence-electron chi connectivity index (χ2n) is 5.90. The Balaban J connectivity index is 1.74. The lowest BCUT2D eigenvalue weighted by Gasteiger charge is -2.15. The van der Waals surface area contributed by atoms with E-state index in [1.165, 1.54) is 32.2 Å². The smallest absolute Gasteiger partial charge is 0.314 e. The Morgan fingerprint density at radius 2 is 1.81 bits per heavy atom. The highest BCUT2D eigenvalue weighted by atomic mass is 16.6. The van der Waals surface area contributed by atoms with Crippen molar-refractivity contribution in [2.75, 3.05) is 12.4 Å². The second kappa shape index (κ2) is 7.74. The summed E-state index contributed by atoms with van der Waals surface area (Å²) in [5.74, 6) is -0.0697. The molecule has 0 saturated heterocycles. The van der Waals surface area contributed by atoms with Gasteiger partial charge in [0.25, 0.3) is 5.91 Å². The molecule has 0 bridgehead atoms. The SMILES string of the molecule is COc1ccc(OC(C)C(=O)Nc2ccc3ccccc3c2)c([N+](=O)[O-])c1. The van der Waals surface area contributed by atoms with Crippen LogP contribution in [0.25, 0.3) is 10.8 Å². The second-order valence-corrected chi connectivity index (χ2v) is 5.90. The van der Waals surface area contributed by atoms with Crippen molar-refractivity contribution in [1.82, 2.24) is 0 Å². The van der Waals surface area contributed by atoms with Crippen LogP contribution < -0.4 is 14.8 Å². The quantitative estimate of drug-likeness (QED) is 0.522. The normalized spacial score (nSPS) is 11.6. The number of carbonyl (C=O) groups excluding carboxylic acids is 1. The van der Waals surface area contributed by atoms with Gasteiger partial charge in [0, 0.05) is 5.69 Å². The maximum absolute atomic E-state index is 12.4. The lowest BCUT2D eigenvalue weighted by Crippen LogP contribution is -2.30. The summed E-state index contributed by atoms with van der Waals surface area (Å²) in [6.07, 6.45) is -0.927. The molecule has 3 aromatic carbocycles. The molecule has 0 radical (unpaired) electrons. The van der Waals surface area contributed by atoms with E-state index in [9.17, 15) is 14.9 Å². The first-order valence-electron chi connectivity index (χ1n) is 8.26. The van der Waals surface area contributed by atoms with Crippen molar-refractivity contribution < 1.29 is 19.2 Å². The van der Waals surface area contributed by atoms with Gasteiger partial charge in [0.05, 0.1) is 18.1 Å². The molecular formula is C20H18N2O5. The van der Waals surface area contributed by atoms with E-state index in [1.807, 2.05) is 36.4 Å². The Bertz CT molecular complexity index is 1000. The van der Waals surface area contributed by atoms with Gasteiger partial charge in [0.1, 0.15) is 5.75 Å². The van der Waals surface area contributed by atoms with Crippen molar-refractivity contribution in [2.45, 2.75) is 13.0 Å². The van der Waals surface area contributed by atoms with Gasteiger partial charge >= 0.3 is 5.69 Å². The Morgan fingerprint density at radius 3 is 2.52 bits per heavy atom.